The summed E-state index contributed by atoms with van der Waals surface area (Å²) in [5, 5.41) is 1.17. The molecule has 1 saturated heterocycles. The fourth-order valence-corrected chi connectivity index (χ4v) is 2.10. The molecular formula is C9H18BrN. The van der Waals surface area contributed by atoms with Crippen LogP contribution in [-0.2, 0) is 0 Å². The summed E-state index contributed by atoms with van der Waals surface area (Å²) in [6.45, 7) is 9.44. The minimum absolute atomic E-state index is 0.372. The number of alkyl halides is 1. The number of rotatable bonds is 1. The summed E-state index contributed by atoms with van der Waals surface area (Å²) < 4.78 is 0. The lowest BCUT2D eigenvalue weighted by Crippen LogP contribution is -2.39. The second-order valence-corrected chi connectivity index (χ2v) is 5.07. The summed E-state index contributed by atoms with van der Waals surface area (Å²) in [4.78, 5) is 2.57. The molecule has 11 heavy (non-hydrogen) atoms. The van der Waals surface area contributed by atoms with Crippen LogP contribution >= 0.6 is 15.9 Å². The van der Waals surface area contributed by atoms with Crippen LogP contribution in [-0.4, -0.2) is 28.9 Å². The molecular weight excluding hydrogens is 202 g/mol. The maximum absolute atomic E-state index is 3.54. The summed E-state index contributed by atoms with van der Waals surface area (Å²) in [6, 6.07) is 0. The minimum Gasteiger partial charge on any atom is -0.298 e. The van der Waals surface area contributed by atoms with Gasteiger partial charge in [0.1, 0.15) is 0 Å². The molecule has 0 N–H and O–H groups in total. The molecule has 1 heterocycles. The van der Waals surface area contributed by atoms with Crippen LogP contribution in [0.2, 0.25) is 0 Å². The molecule has 66 valence electrons. The molecule has 0 amide bonds. The molecule has 0 saturated carbocycles. The lowest BCUT2D eigenvalue weighted by atomic mass is 10.1. The van der Waals surface area contributed by atoms with Crippen LogP contribution in [0.4, 0.5) is 0 Å². The molecule has 1 rings (SSSR count). The van der Waals surface area contributed by atoms with E-state index in [9.17, 15) is 0 Å². The maximum atomic E-state index is 3.54. The van der Waals surface area contributed by atoms with E-state index in [1.54, 1.807) is 0 Å². The van der Waals surface area contributed by atoms with E-state index in [0.29, 0.717) is 5.54 Å². The molecule has 1 aliphatic heterocycles. The molecule has 0 aromatic heterocycles. The molecule has 1 aliphatic rings. The summed E-state index contributed by atoms with van der Waals surface area (Å²) in [6.07, 6.45) is 1.36. The van der Waals surface area contributed by atoms with Gasteiger partial charge in [-0.05, 0) is 39.7 Å². The maximum Gasteiger partial charge on any atom is 0.0125 e. The zero-order valence-electron chi connectivity index (χ0n) is 7.73. The van der Waals surface area contributed by atoms with Gasteiger partial charge in [-0.2, -0.15) is 0 Å². The standard InChI is InChI=1S/C9H18BrN/c1-9(2,3)11-5-4-8(6-10)7-11/h8H,4-7H2,1-3H3. The highest BCUT2D eigenvalue weighted by Crippen LogP contribution is 2.25. The Balaban J connectivity index is 2.42. The zero-order valence-corrected chi connectivity index (χ0v) is 9.32. The van der Waals surface area contributed by atoms with Gasteiger partial charge in [0.05, 0.1) is 0 Å². The van der Waals surface area contributed by atoms with Crippen molar-refractivity contribution in [3.8, 4) is 0 Å². The number of halogens is 1. The Kier molecular flexibility index (Phi) is 2.98. The SMILES string of the molecule is CC(C)(C)N1CCC(CBr)C1. The Bertz CT molecular complexity index is 128. The first-order valence-electron chi connectivity index (χ1n) is 4.35. The second-order valence-electron chi connectivity index (χ2n) is 4.43. The van der Waals surface area contributed by atoms with Crippen LogP contribution in [0, 0.1) is 5.92 Å². The van der Waals surface area contributed by atoms with Gasteiger partial charge in [0.25, 0.3) is 0 Å². The highest BCUT2D eigenvalue weighted by molar-refractivity contribution is 9.09. The van der Waals surface area contributed by atoms with Crippen LogP contribution in [0.5, 0.6) is 0 Å². The Morgan fingerprint density at radius 2 is 2.09 bits per heavy atom. The second kappa shape index (κ2) is 3.44. The van der Waals surface area contributed by atoms with Crippen molar-refractivity contribution < 1.29 is 0 Å². The Labute approximate surface area is 78.3 Å². The summed E-state index contributed by atoms with van der Waals surface area (Å²) in [5.41, 5.74) is 0.372. The average molecular weight is 220 g/mol. The number of hydrogen-bond acceptors (Lipinski definition) is 1. The van der Waals surface area contributed by atoms with E-state index in [1.165, 1.54) is 24.8 Å². The van der Waals surface area contributed by atoms with Crippen LogP contribution in [0.15, 0.2) is 0 Å². The Morgan fingerprint density at radius 1 is 1.45 bits per heavy atom. The third-order valence-corrected chi connectivity index (χ3v) is 3.37. The zero-order chi connectivity index (χ0) is 8.48. The molecule has 1 atom stereocenters. The fourth-order valence-electron chi connectivity index (χ4n) is 1.57. The number of hydrogen-bond donors (Lipinski definition) is 0. The lowest BCUT2D eigenvalue weighted by Gasteiger charge is -2.31. The van der Waals surface area contributed by atoms with E-state index in [-0.39, 0.29) is 0 Å². The van der Waals surface area contributed by atoms with E-state index < -0.39 is 0 Å². The van der Waals surface area contributed by atoms with Crippen molar-refractivity contribution in [2.24, 2.45) is 5.92 Å². The Hall–Kier alpha value is 0.440. The molecule has 0 aromatic carbocycles. The topological polar surface area (TPSA) is 3.24 Å². The van der Waals surface area contributed by atoms with Crippen molar-refractivity contribution >= 4 is 15.9 Å². The van der Waals surface area contributed by atoms with Gasteiger partial charge in [-0.1, -0.05) is 15.9 Å². The predicted octanol–water partition coefficient (Wildman–Crippen LogP) is 2.50. The Morgan fingerprint density at radius 3 is 2.36 bits per heavy atom. The molecule has 0 bridgehead atoms. The molecule has 2 heteroatoms. The third-order valence-electron chi connectivity index (χ3n) is 2.45. The normalized spacial score (nSPS) is 27.8. The van der Waals surface area contributed by atoms with Crippen molar-refractivity contribution in [3.63, 3.8) is 0 Å². The first-order chi connectivity index (χ1) is 5.04. The quantitative estimate of drug-likeness (QED) is 0.613. The molecule has 1 fully saturated rings. The highest BCUT2D eigenvalue weighted by Gasteiger charge is 2.29. The number of likely N-dealkylation sites (tertiary alicyclic amines) is 1. The monoisotopic (exact) mass is 219 g/mol. The average Bonchev–Trinajstić information content (AvgIpc) is 2.32. The van der Waals surface area contributed by atoms with Gasteiger partial charge in [0.15, 0.2) is 0 Å². The van der Waals surface area contributed by atoms with Crippen LogP contribution in [0.3, 0.4) is 0 Å². The molecule has 0 aliphatic carbocycles. The van der Waals surface area contributed by atoms with Crippen LogP contribution in [0.1, 0.15) is 27.2 Å². The van der Waals surface area contributed by atoms with Gasteiger partial charge >= 0.3 is 0 Å². The minimum atomic E-state index is 0.372. The van der Waals surface area contributed by atoms with Gasteiger partial charge in [-0.15, -0.1) is 0 Å². The first kappa shape index (κ1) is 9.53. The summed E-state index contributed by atoms with van der Waals surface area (Å²) in [5.74, 6) is 0.884. The van der Waals surface area contributed by atoms with E-state index >= 15 is 0 Å². The van der Waals surface area contributed by atoms with E-state index in [2.05, 4.69) is 41.6 Å². The largest absolute Gasteiger partial charge is 0.298 e. The highest BCUT2D eigenvalue weighted by atomic mass is 79.9. The van der Waals surface area contributed by atoms with Crippen molar-refractivity contribution in [3.05, 3.63) is 0 Å². The van der Waals surface area contributed by atoms with E-state index in [1.807, 2.05) is 0 Å². The van der Waals surface area contributed by atoms with Gasteiger partial charge in [-0.3, -0.25) is 4.90 Å². The van der Waals surface area contributed by atoms with Gasteiger partial charge in [0, 0.05) is 17.4 Å². The smallest absolute Gasteiger partial charge is 0.0125 e. The van der Waals surface area contributed by atoms with Crippen molar-refractivity contribution in [2.45, 2.75) is 32.7 Å². The molecule has 0 spiro atoms. The first-order valence-corrected chi connectivity index (χ1v) is 5.47. The van der Waals surface area contributed by atoms with Crippen molar-refractivity contribution in [1.82, 2.24) is 4.90 Å². The van der Waals surface area contributed by atoms with Crippen molar-refractivity contribution in [2.75, 3.05) is 18.4 Å². The van der Waals surface area contributed by atoms with Crippen molar-refractivity contribution in [1.29, 1.82) is 0 Å². The third kappa shape index (κ3) is 2.45. The summed E-state index contributed by atoms with van der Waals surface area (Å²) in [7, 11) is 0. The molecule has 0 radical (unpaired) electrons. The molecule has 1 nitrogen and oxygen atoms in total. The van der Waals surface area contributed by atoms with Gasteiger partial charge in [0.2, 0.25) is 0 Å². The summed E-state index contributed by atoms with van der Waals surface area (Å²) >= 11 is 3.54. The van der Waals surface area contributed by atoms with Crippen LogP contribution in [0.25, 0.3) is 0 Å². The van der Waals surface area contributed by atoms with Crippen LogP contribution < -0.4 is 0 Å². The fraction of sp³-hybridized carbons (Fsp3) is 1.00. The number of nitrogens with zero attached hydrogens (tertiary/aromatic N) is 1. The molecule has 0 aromatic rings. The van der Waals surface area contributed by atoms with E-state index in [0.717, 1.165) is 5.92 Å². The van der Waals surface area contributed by atoms with E-state index in [4.69, 9.17) is 0 Å². The van der Waals surface area contributed by atoms with Gasteiger partial charge in [-0.25, -0.2) is 0 Å². The van der Waals surface area contributed by atoms with Gasteiger partial charge < -0.3 is 0 Å². The molecule has 1 unspecified atom stereocenters. The predicted molar refractivity (Wildman–Crippen MR) is 53.2 cm³/mol. The lowest BCUT2D eigenvalue weighted by molar-refractivity contribution is 0.170.